The number of carbonyl (C=O) groups is 1. The number of amidine groups is 1. The maximum atomic E-state index is 9.60. The number of anilines is 1. The monoisotopic (exact) mass is 409 g/mol. The van der Waals surface area contributed by atoms with E-state index in [2.05, 4.69) is 56.1 Å². The van der Waals surface area contributed by atoms with E-state index in [-0.39, 0.29) is 5.60 Å². The van der Waals surface area contributed by atoms with Gasteiger partial charge in [-0.05, 0) is 70.5 Å². The summed E-state index contributed by atoms with van der Waals surface area (Å²) in [6.45, 7) is 9.29. The number of likely N-dealkylation sites (tertiary alicyclic amines) is 1. The summed E-state index contributed by atoms with van der Waals surface area (Å²) in [4.78, 5) is 16.7. The molecule has 1 fully saturated rings. The molecule has 1 saturated heterocycles. The van der Waals surface area contributed by atoms with Crippen LogP contribution >= 0.6 is 15.9 Å². The SMILES string of the molecule is CC(C)(C)OC=O.CN1CCC(CN=C2Cc3cc(Br)ccc3N2)C1. The van der Waals surface area contributed by atoms with Crippen LogP contribution in [0.1, 0.15) is 32.8 Å². The van der Waals surface area contributed by atoms with E-state index in [1.807, 2.05) is 20.8 Å². The number of halogens is 1. The van der Waals surface area contributed by atoms with Crippen LogP contribution < -0.4 is 5.32 Å². The lowest BCUT2D eigenvalue weighted by Gasteiger charge is -2.14. The van der Waals surface area contributed by atoms with Crippen LogP contribution in [-0.4, -0.2) is 49.5 Å². The van der Waals surface area contributed by atoms with Crippen LogP contribution in [0.2, 0.25) is 0 Å². The van der Waals surface area contributed by atoms with Gasteiger partial charge < -0.3 is 15.0 Å². The van der Waals surface area contributed by atoms with E-state index in [4.69, 9.17) is 4.99 Å². The highest BCUT2D eigenvalue weighted by Crippen LogP contribution is 2.27. The van der Waals surface area contributed by atoms with Crippen molar-refractivity contribution in [3.05, 3.63) is 28.2 Å². The molecule has 0 amide bonds. The van der Waals surface area contributed by atoms with Crippen molar-refractivity contribution in [2.24, 2.45) is 10.9 Å². The quantitative estimate of drug-likeness (QED) is 0.772. The van der Waals surface area contributed by atoms with Gasteiger partial charge in [-0.2, -0.15) is 0 Å². The van der Waals surface area contributed by atoms with E-state index in [1.165, 1.54) is 30.8 Å². The molecule has 0 saturated carbocycles. The lowest BCUT2D eigenvalue weighted by Crippen LogP contribution is -2.17. The zero-order valence-corrected chi connectivity index (χ0v) is 17.1. The van der Waals surface area contributed by atoms with E-state index in [9.17, 15) is 4.79 Å². The molecule has 1 atom stereocenters. The Morgan fingerprint density at radius 1 is 1.44 bits per heavy atom. The molecule has 138 valence electrons. The molecular weight excluding hydrogens is 382 g/mol. The number of fused-ring (bicyclic) bond motifs is 1. The molecule has 0 aromatic heterocycles. The number of ether oxygens (including phenoxy) is 1. The minimum atomic E-state index is -0.318. The van der Waals surface area contributed by atoms with E-state index in [1.54, 1.807) is 0 Å². The van der Waals surface area contributed by atoms with E-state index >= 15 is 0 Å². The number of benzene rings is 1. The average molecular weight is 410 g/mol. The van der Waals surface area contributed by atoms with Crippen molar-refractivity contribution in [2.75, 3.05) is 32.0 Å². The Morgan fingerprint density at radius 2 is 2.20 bits per heavy atom. The summed E-state index contributed by atoms with van der Waals surface area (Å²) >= 11 is 3.51. The summed E-state index contributed by atoms with van der Waals surface area (Å²) in [5.41, 5.74) is 2.23. The first-order chi connectivity index (χ1) is 11.8. The number of hydrogen-bond donors (Lipinski definition) is 1. The smallest absolute Gasteiger partial charge is 0.293 e. The maximum Gasteiger partial charge on any atom is 0.293 e. The van der Waals surface area contributed by atoms with Gasteiger partial charge >= 0.3 is 0 Å². The molecule has 5 nitrogen and oxygen atoms in total. The van der Waals surface area contributed by atoms with Crippen molar-refractivity contribution in [3.63, 3.8) is 0 Å². The molecule has 6 heteroatoms. The number of hydrogen-bond acceptors (Lipinski definition) is 4. The molecule has 2 aliphatic heterocycles. The van der Waals surface area contributed by atoms with Crippen LogP contribution in [0, 0.1) is 5.92 Å². The van der Waals surface area contributed by atoms with Crippen molar-refractivity contribution in [2.45, 2.75) is 39.2 Å². The summed E-state index contributed by atoms with van der Waals surface area (Å²) in [7, 11) is 2.19. The molecule has 2 heterocycles. The molecule has 1 unspecified atom stereocenters. The van der Waals surface area contributed by atoms with Crippen LogP contribution in [-0.2, 0) is 16.0 Å². The molecule has 0 aliphatic carbocycles. The highest BCUT2D eigenvalue weighted by Gasteiger charge is 2.20. The third-order valence-electron chi connectivity index (χ3n) is 4.14. The third kappa shape index (κ3) is 6.78. The summed E-state index contributed by atoms with van der Waals surface area (Å²) in [6, 6.07) is 6.36. The summed E-state index contributed by atoms with van der Waals surface area (Å²) < 4.78 is 5.69. The van der Waals surface area contributed by atoms with Crippen molar-refractivity contribution in [1.29, 1.82) is 0 Å². The molecule has 2 aliphatic rings. The molecule has 3 rings (SSSR count). The first-order valence-corrected chi connectivity index (χ1v) is 9.45. The maximum absolute atomic E-state index is 9.60. The van der Waals surface area contributed by atoms with E-state index in [0.29, 0.717) is 6.47 Å². The summed E-state index contributed by atoms with van der Waals surface area (Å²) in [5, 5.41) is 3.41. The molecule has 1 aromatic carbocycles. The average Bonchev–Trinajstić information content (AvgIpc) is 3.09. The van der Waals surface area contributed by atoms with E-state index in [0.717, 1.165) is 29.2 Å². The Hall–Kier alpha value is -1.40. The van der Waals surface area contributed by atoms with Crippen LogP contribution in [0.15, 0.2) is 27.7 Å². The fourth-order valence-corrected chi connectivity index (χ4v) is 3.27. The lowest BCUT2D eigenvalue weighted by atomic mass is 10.1. The first kappa shape index (κ1) is 19.9. The Bertz CT molecular complexity index is 626. The molecule has 1 N–H and O–H groups in total. The van der Waals surface area contributed by atoms with Crippen molar-refractivity contribution < 1.29 is 9.53 Å². The largest absolute Gasteiger partial charge is 0.462 e. The topological polar surface area (TPSA) is 53.9 Å². The Labute approximate surface area is 159 Å². The predicted octanol–water partition coefficient (Wildman–Crippen LogP) is 3.73. The number of carbonyl (C=O) groups excluding carboxylic acids is 1. The van der Waals surface area contributed by atoms with E-state index < -0.39 is 0 Å². The molecule has 0 bridgehead atoms. The first-order valence-electron chi connectivity index (χ1n) is 8.65. The Kier molecular flexibility index (Phi) is 7.02. The minimum absolute atomic E-state index is 0.318. The van der Waals surface area contributed by atoms with Crippen LogP contribution in [0.4, 0.5) is 5.69 Å². The number of rotatable bonds is 3. The molecule has 0 spiro atoms. The zero-order chi connectivity index (χ0) is 18.4. The van der Waals surface area contributed by atoms with Gasteiger partial charge in [0.2, 0.25) is 0 Å². The third-order valence-corrected chi connectivity index (χ3v) is 4.63. The number of aliphatic imine (C=N–C) groups is 1. The van der Waals surface area contributed by atoms with Crippen molar-refractivity contribution >= 4 is 33.9 Å². The van der Waals surface area contributed by atoms with Gasteiger partial charge in [0.15, 0.2) is 0 Å². The van der Waals surface area contributed by atoms with Crippen LogP contribution in [0.5, 0.6) is 0 Å². The van der Waals surface area contributed by atoms with Crippen LogP contribution in [0.3, 0.4) is 0 Å². The lowest BCUT2D eigenvalue weighted by molar-refractivity contribution is -0.138. The summed E-state index contributed by atoms with van der Waals surface area (Å²) in [6.07, 6.45) is 2.23. The number of nitrogens with one attached hydrogen (secondary N) is 1. The fraction of sp³-hybridized carbons (Fsp3) is 0.579. The second-order valence-corrected chi connectivity index (χ2v) is 8.55. The summed E-state index contributed by atoms with van der Waals surface area (Å²) in [5.74, 6) is 1.86. The minimum Gasteiger partial charge on any atom is -0.462 e. The fourth-order valence-electron chi connectivity index (χ4n) is 2.86. The van der Waals surface area contributed by atoms with Gasteiger partial charge in [-0.1, -0.05) is 15.9 Å². The Morgan fingerprint density at radius 3 is 2.76 bits per heavy atom. The van der Waals surface area contributed by atoms with Crippen LogP contribution in [0.25, 0.3) is 0 Å². The molecule has 1 aromatic rings. The highest BCUT2D eigenvalue weighted by molar-refractivity contribution is 9.10. The van der Waals surface area contributed by atoms with Gasteiger partial charge in [0.25, 0.3) is 6.47 Å². The zero-order valence-electron chi connectivity index (χ0n) is 15.5. The van der Waals surface area contributed by atoms with Gasteiger partial charge in [-0.15, -0.1) is 0 Å². The molecular formula is C19H28BrN3O2. The standard InChI is InChI=1S/C14H18BrN3.C5H10O2/c1-18-5-4-10(9-18)8-16-14-7-11-6-12(15)2-3-13(11)17-14;1-5(2,3)7-4-6/h2-3,6,10H,4-5,7-9H2,1H3,(H,16,17);4H,1-3H3. The van der Waals surface area contributed by atoms with Gasteiger partial charge in [0.05, 0.1) is 0 Å². The van der Waals surface area contributed by atoms with Gasteiger partial charge in [0.1, 0.15) is 11.4 Å². The second kappa shape index (κ2) is 8.81. The predicted molar refractivity (Wildman–Crippen MR) is 106 cm³/mol. The van der Waals surface area contributed by atoms with Crippen molar-refractivity contribution in [3.8, 4) is 0 Å². The Balaban J connectivity index is 0.000000277. The highest BCUT2D eigenvalue weighted by atomic mass is 79.9. The van der Waals surface area contributed by atoms with Gasteiger partial charge in [-0.25, -0.2) is 0 Å². The number of nitrogens with zero attached hydrogens (tertiary/aromatic N) is 2. The van der Waals surface area contributed by atoms with Gasteiger partial charge in [-0.3, -0.25) is 9.79 Å². The molecule has 25 heavy (non-hydrogen) atoms. The van der Waals surface area contributed by atoms with Gasteiger partial charge in [0, 0.05) is 29.7 Å². The second-order valence-electron chi connectivity index (χ2n) is 7.63. The normalized spacial score (nSPS) is 21.3. The van der Waals surface area contributed by atoms with Crippen molar-refractivity contribution in [1.82, 2.24) is 4.90 Å². The molecule has 0 radical (unpaired) electrons.